The Bertz CT molecular complexity index is 1080. The fourth-order valence-corrected chi connectivity index (χ4v) is 3.56. The lowest BCUT2D eigenvalue weighted by molar-refractivity contribution is -0.114. The number of aromatic nitrogens is 3. The maximum Gasteiger partial charge on any atom is 0.234 e. The Labute approximate surface area is 178 Å². The minimum atomic E-state index is -0.170. The summed E-state index contributed by atoms with van der Waals surface area (Å²) >= 11 is 1.30. The molecule has 0 aliphatic rings. The van der Waals surface area contributed by atoms with Gasteiger partial charge in [0.05, 0.1) is 17.4 Å². The predicted octanol–water partition coefficient (Wildman–Crippen LogP) is 3.53. The summed E-state index contributed by atoms with van der Waals surface area (Å²) in [6.07, 6.45) is 0. The number of carbonyl (C=O) groups is 2. The summed E-state index contributed by atoms with van der Waals surface area (Å²) in [5.74, 6) is 0.579. The summed E-state index contributed by atoms with van der Waals surface area (Å²) in [5.41, 5.74) is 2.75. The Morgan fingerprint density at radius 2 is 1.67 bits per heavy atom. The molecule has 2 N–H and O–H groups in total. The van der Waals surface area contributed by atoms with Gasteiger partial charge in [0.2, 0.25) is 11.8 Å². The molecule has 1 heterocycles. The van der Waals surface area contributed by atoms with Crippen LogP contribution in [0.5, 0.6) is 0 Å². The number of nitrogens with one attached hydrogen (secondary N) is 2. The summed E-state index contributed by atoms with van der Waals surface area (Å²) in [6, 6.07) is 16.1. The zero-order chi connectivity index (χ0) is 21.5. The maximum absolute atomic E-state index is 12.3. The number of anilines is 2. The highest BCUT2D eigenvalue weighted by molar-refractivity contribution is 7.99. The Balaban J connectivity index is 1.65. The molecule has 0 atom stereocenters. The van der Waals surface area contributed by atoms with Crippen molar-refractivity contribution in [3.63, 3.8) is 0 Å². The highest BCUT2D eigenvalue weighted by Gasteiger charge is 2.15. The van der Waals surface area contributed by atoms with Gasteiger partial charge in [0.15, 0.2) is 11.0 Å². The topological polar surface area (TPSA) is 113 Å². The fourth-order valence-electron chi connectivity index (χ4n) is 2.76. The lowest BCUT2D eigenvalue weighted by atomic mass is 10.2. The van der Waals surface area contributed by atoms with E-state index < -0.39 is 0 Å². The second-order valence-electron chi connectivity index (χ2n) is 6.33. The third kappa shape index (κ3) is 5.24. The van der Waals surface area contributed by atoms with Crippen LogP contribution in [0.4, 0.5) is 11.4 Å². The summed E-state index contributed by atoms with van der Waals surface area (Å²) in [4.78, 5) is 23.4. The van der Waals surface area contributed by atoms with E-state index in [1.165, 1.54) is 18.7 Å². The van der Waals surface area contributed by atoms with Gasteiger partial charge in [0.1, 0.15) is 0 Å². The van der Waals surface area contributed by atoms with Crippen LogP contribution in [0.3, 0.4) is 0 Å². The van der Waals surface area contributed by atoms with Crippen molar-refractivity contribution in [1.82, 2.24) is 14.8 Å². The minimum absolute atomic E-state index is 0.127. The first kappa shape index (κ1) is 21.1. The fraction of sp³-hybridized carbons (Fsp3) is 0.190. The second-order valence-corrected chi connectivity index (χ2v) is 7.28. The average Bonchev–Trinajstić information content (AvgIpc) is 3.16. The van der Waals surface area contributed by atoms with Crippen molar-refractivity contribution in [3.05, 3.63) is 54.1 Å². The first-order valence-corrected chi connectivity index (χ1v) is 10.2. The lowest BCUT2D eigenvalue weighted by Crippen LogP contribution is -2.14. The molecule has 2 aromatic carbocycles. The molecule has 152 valence electrons. The quantitative estimate of drug-likeness (QED) is 0.566. The summed E-state index contributed by atoms with van der Waals surface area (Å²) < 4.78 is 1.94. The first-order chi connectivity index (χ1) is 14.5. The number of nitrogens with zero attached hydrogens (tertiary/aromatic N) is 4. The number of thioether (sulfide) groups is 1. The monoisotopic (exact) mass is 420 g/mol. The molecule has 0 saturated heterocycles. The minimum Gasteiger partial charge on any atom is -0.326 e. The van der Waals surface area contributed by atoms with E-state index in [0.717, 1.165) is 5.56 Å². The van der Waals surface area contributed by atoms with Crippen LogP contribution >= 0.6 is 11.8 Å². The van der Waals surface area contributed by atoms with Crippen molar-refractivity contribution >= 4 is 35.0 Å². The Morgan fingerprint density at radius 3 is 2.27 bits per heavy atom. The van der Waals surface area contributed by atoms with Crippen LogP contribution in [0.1, 0.15) is 19.4 Å². The second kappa shape index (κ2) is 9.71. The molecule has 0 aliphatic carbocycles. The lowest BCUT2D eigenvalue weighted by Gasteiger charge is -2.09. The number of rotatable bonds is 7. The van der Waals surface area contributed by atoms with E-state index in [0.29, 0.717) is 34.5 Å². The molecule has 3 aromatic rings. The van der Waals surface area contributed by atoms with Crippen LogP contribution in [0.25, 0.3) is 11.4 Å². The van der Waals surface area contributed by atoms with Gasteiger partial charge in [-0.15, -0.1) is 10.2 Å². The smallest absolute Gasteiger partial charge is 0.234 e. The van der Waals surface area contributed by atoms with Crippen molar-refractivity contribution < 1.29 is 9.59 Å². The zero-order valence-corrected chi connectivity index (χ0v) is 17.4. The molecule has 9 heteroatoms. The Kier molecular flexibility index (Phi) is 6.83. The van der Waals surface area contributed by atoms with E-state index in [2.05, 4.69) is 20.8 Å². The number of carbonyl (C=O) groups excluding carboxylic acids is 2. The van der Waals surface area contributed by atoms with Crippen LogP contribution in [-0.4, -0.2) is 32.3 Å². The molecular weight excluding hydrogens is 400 g/mol. The third-order valence-corrected chi connectivity index (χ3v) is 5.09. The number of benzene rings is 2. The largest absolute Gasteiger partial charge is 0.326 e. The van der Waals surface area contributed by atoms with Gasteiger partial charge in [-0.05, 0) is 55.5 Å². The molecule has 1 aromatic heterocycles. The number of nitriles is 1. The van der Waals surface area contributed by atoms with E-state index in [1.807, 2.05) is 41.8 Å². The SMILES string of the molecule is CCn1c(SCC(=O)Nc2ccc(C#N)cc2)nnc1-c1ccc(NC(C)=O)cc1. The predicted molar refractivity (Wildman–Crippen MR) is 116 cm³/mol. The number of hydrogen-bond acceptors (Lipinski definition) is 6. The van der Waals surface area contributed by atoms with Gasteiger partial charge in [-0.2, -0.15) is 5.26 Å². The van der Waals surface area contributed by atoms with Crippen molar-refractivity contribution in [2.24, 2.45) is 0 Å². The van der Waals surface area contributed by atoms with Crippen molar-refractivity contribution in [1.29, 1.82) is 5.26 Å². The van der Waals surface area contributed by atoms with Gasteiger partial charge in [0, 0.05) is 30.4 Å². The molecule has 0 radical (unpaired) electrons. The number of amides is 2. The van der Waals surface area contributed by atoms with Crippen molar-refractivity contribution in [3.8, 4) is 17.5 Å². The van der Waals surface area contributed by atoms with Gasteiger partial charge in [-0.1, -0.05) is 11.8 Å². The zero-order valence-electron chi connectivity index (χ0n) is 16.5. The molecule has 0 unspecified atom stereocenters. The van der Waals surface area contributed by atoms with E-state index in [-0.39, 0.29) is 17.6 Å². The molecule has 0 saturated carbocycles. The maximum atomic E-state index is 12.3. The number of hydrogen-bond donors (Lipinski definition) is 2. The molecule has 0 fully saturated rings. The van der Waals surface area contributed by atoms with E-state index >= 15 is 0 Å². The Hall–Kier alpha value is -3.64. The third-order valence-electron chi connectivity index (χ3n) is 4.13. The van der Waals surface area contributed by atoms with Gasteiger partial charge in [-0.25, -0.2) is 0 Å². The molecule has 0 aliphatic heterocycles. The van der Waals surface area contributed by atoms with Gasteiger partial charge >= 0.3 is 0 Å². The molecule has 0 spiro atoms. The van der Waals surface area contributed by atoms with E-state index in [4.69, 9.17) is 5.26 Å². The molecule has 2 amide bonds. The Morgan fingerprint density at radius 1 is 1.03 bits per heavy atom. The molecular formula is C21H20N6O2S. The molecule has 8 nitrogen and oxygen atoms in total. The van der Waals surface area contributed by atoms with E-state index in [1.54, 1.807) is 24.3 Å². The average molecular weight is 420 g/mol. The highest BCUT2D eigenvalue weighted by Crippen LogP contribution is 2.25. The molecule has 3 rings (SSSR count). The molecule has 30 heavy (non-hydrogen) atoms. The highest BCUT2D eigenvalue weighted by atomic mass is 32.2. The van der Waals surface area contributed by atoms with Gasteiger partial charge in [-0.3, -0.25) is 9.59 Å². The van der Waals surface area contributed by atoms with Crippen LogP contribution in [0.15, 0.2) is 53.7 Å². The van der Waals surface area contributed by atoms with Crippen molar-refractivity contribution in [2.75, 3.05) is 16.4 Å². The standard InChI is InChI=1S/C21H20N6O2S/c1-3-27-20(16-6-10-17(11-7-16)23-14(2)28)25-26-21(27)30-13-19(29)24-18-8-4-15(12-22)5-9-18/h4-11H,3,13H2,1-2H3,(H,23,28)(H,24,29). The summed E-state index contributed by atoms with van der Waals surface area (Å²) in [7, 11) is 0. The van der Waals surface area contributed by atoms with Gasteiger partial charge < -0.3 is 15.2 Å². The van der Waals surface area contributed by atoms with Crippen molar-refractivity contribution in [2.45, 2.75) is 25.5 Å². The van der Waals surface area contributed by atoms with Crippen LogP contribution < -0.4 is 10.6 Å². The normalized spacial score (nSPS) is 10.3. The van der Waals surface area contributed by atoms with Crippen LogP contribution in [-0.2, 0) is 16.1 Å². The van der Waals surface area contributed by atoms with Crippen LogP contribution in [0, 0.1) is 11.3 Å². The molecule has 0 bridgehead atoms. The summed E-state index contributed by atoms with van der Waals surface area (Å²) in [5, 5.41) is 23.5. The van der Waals surface area contributed by atoms with E-state index in [9.17, 15) is 9.59 Å². The van der Waals surface area contributed by atoms with Gasteiger partial charge in [0.25, 0.3) is 0 Å². The first-order valence-electron chi connectivity index (χ1n) is 9.24. The van der Waals surface area contributed by atoms with Crippen LogP contribution in [0.2, 0.25) is 0 Å². The summed E-state index contributed by atoms with van der Waals surface area (Å²) in [6.45, 7) is 4.09.